The molecule has 0 atom stereocenters. The minimum absolute atomic E-state index is 0.107. The SMILES string of the molecule is O=C(CCN1C(=O)/C(=C/c2ccc3c(c2)OCO3)SC1=S)N1CCCCCC1. The second-order valence-corrected chi connectivity index (χ2v) is 8.67. The highest BCUT2D eigenvalue weighted by Gasteiger charge is 2.32. The first-order valence-corrected chi connectivity index (χ1v) is 10.8. The van der Waals surface area contributed by atoms with Crippen molar-refractivity contribution in [2.24, 2.45) is 0 Å². The van der Waals surface area contributed by atoms with Gasteiger partial charge in [0.2, 0.25) is 12.7 Å². The molecule has 0 N–H and O–H groups in total. The molecule has 2 amide bonds. The zero-order valence-electron chi connectivity index (χ0n) is 15.5. The van der Waals surface area contributed by atoms with Crippen LogP contribution in [0, 0.1) is 0 Å². The van der Waals surface area contributed by atoms with E-state index in [9.17, 15) is 9.59 Å². The van der Waals surface area contributed by atoms with E-state index in [2.05, 4.69) is 0 Å². The normalized spacial score (nSPS) is 20.8. The summed E-state index contributed by atoms with van der Waals surface area (Å²) in [5.74, 6) is 1.34. The zero-order valence-corrected chi connectivity index (χ0v) is 17.2. The lowest BCUT2D eigenvalue weighted by Crippen LogP contribution is -2.36. The minimum atomic E-state index is -0.142. The van der Waals surface area contributed by atoms with Crippen molar-refractivity contribution >= 4 is 46.2 Å². The first-order chi connectivity index (χ1) is 13.6. The van der Waals surface area contributed by atoms with E-state index in [1.807, 2.05) is 23.1 Å². The number of thioether (sulfide) groups is 1. The van der Waals surface area contributed by atoms with E-state index >= 15 is 0 Å². The third kappa shape index (κ3) is 4.17. The monoisotopic (exact) mass is 418 g/mol. The van der Waals surface area contributed by atoms with Gasteiger partial charge in [0.25, 0.3) is 5.91 Å². The molecule has 28 heavy (non-hydrogen) atoms. The molecule has 0 bridgehead atoms. The van der Waals surface area contributed by atoms with E-state index < -0.39 is 0 Å². The molecule has 1 aromatic rings. The number of likely N-dealkylation sites (tertiary alicyclic amines) is 1. The number of thiocarbonyl (C=S) groups is 1. The van der Waals surface area contributed by atoms with Crippen molar-refractivity contribution in [2.45, 2.75) is 32.1 Å². The fourth-order valence-electron chi connectivity index (χ4n) is 3.53. The lowest BCUT2D eigenvalue weighted by atomic mass is 10.2. The Labute approximate surface area is 173 Å². The maximum Gasteiger partial charge on any atom is 0.266 e. The molecule has 3 aliphatic rings. The molecular weight excluding hydrogens is 396 g/mol. The number of hydrogen-bond donors (Lipinski definition) is 0. The minimum Gasteiger partial charge on any atom is -0.454 e. The summed E-state index contributed by atoms with van der Waals surface area (Å²) < 4.78 is 11.2. The number of hydrogen-bond acceptors (Lipinski definition) is 6. The Bertz CT molecular complexity index is 831. The van der Waals surface area contributed by atoms with Crippen LogP contribution in [0.15, 0.2) is 23.1 Å². The van der Waals surface area contributed by atoms with Gasteiger partial charge in [0.1, 0.15) is 4.32 Å². The van der Waals surface area contributed by atoms with Gasteiger partial charge >= 0.3 is 0 Å². The summed E-state index contributed by atoms with van der Waals surface area (Å²) in [7, 11) is 0. The van der Waals surface area contributed by atoms with Gasteiger partial charge in [0, 0.05) is 26.1 Å². The van der Waals surface area contributed by atoms with E-state index in [1.165, 1.54) is 29.5 Å². The smallest absolute Gasteiger partial charge is 0.266 e. The number of nitrogens with zero attached hydrogens (tertiary/aromatic N) is 2. The van der Waals surface area contributed by atoms with Gasteiger partial charge < -0.3 is 14.4 Å². The topological polar surface area (TPSA) is 59.1 Å². The lowest BCUT2D eigenvalue weighted by Gasteiger charge is -2.22. The summed E-state index contributed by atoms with van der Waals surface area (Å²) in [6, 6.07) is 5.55. The Morgan fingerprint density at radius 3 is 2.68 bits per heavy atom. The van der Waals surface area contributed by atoms with Crippen LogP contribution in [0.3, 0.4) is 0 Å². The van der Waals surface area contributed by atoms with Crippen LogP contribution >= 0.6 is 24.0 Å². The molecular formula is C20H22N2O4S2. The average molecular weight is 419 g/mol. The standard InChI is InChI=1S/C20H22N2O4S2/c23-18(21-8-3-1-2-4-9-21)7-10-22-19(24)17(28-20(22)27)12-14-5-6-15-16(11-14)26-13-25-15/h5-6,11-12H,1-4,7-10,13H2/b17-12-. The molecule has 8 heteroatoms. The first kappa shape index (κ1) is 19.3. The largest absolute Gasteiger partial charge is 0.454 e. The van der Waals surface area contributed by atoms with Gasteiger partial charge in [0.05, 0.1) is 4.91 Å². The molecule has 4 rings (SSSR count). The van der Waals surface area contributed by atoms with Crippen LogP contribution in [0.5, 0.6) is 11.5 Å². The van der Waals surface area contributed by atoms with Gasteiger partial charge in [0.15, 0.2) is 11.5 Å². The molecule has 0 spiro atoms. The van der Waals surface area contributed by atoms with Crippen LogP contribution in [-0.4, -0.2) is 52.4 Å². The highest BCUT2D eigenvalue weighted by atomic mass is 32.2. The van der Waals surface area contributed by atoms with Crippen molar-refractivity contribution in [1.82, 2.24) is 9.80 Å². The second-order valence-electron chi connectivity index (χ2n) is 6.99. The van der Waals surface area contributed by atoms with Crippen LogP contribution < -0.4 is 9.47 Å². The average Bonchev–Trinajstić information content (AvgIpc) is 3.12. The molecule has 0 aromatic heterocycles. The number of amides is 2. The number of carbonyl (C=O) groups excluding carboxylic acids is 2. The van der Waals surface area contributed by atoms with Crippen LogP contribution in [0.1, 0.15) is 37.7 Å². The van der Waals surface area contributed by atoms with E-state index in [-0.39, 0.29) is 18.6 Å². The Kier molecular flexibility index (Phi) is 5.87. The number of fused-ring (bicyclic) bond motifs is 1. The van der Waals surface area contributed by atoms with Gasteiger partial charge in [-0.2, -0.15) is 0 Å². The van der Waals surface area contributed by atoms with E-state index in [1.54, 1.807) is 6.08 Å². The lowest BCUT2D eigenvalue weighted by molar-refractivity contribution is -0.131. The van der Waals surface area contributed by atoms with Crippen molar-refractivity contribution in [3.63, 3.8) is 0 Å². The number of benzene rings is 1. The van der Waals surface area contributed by atoms with Gasteiger partial charge in [-0.05, 0) is 36.6 Å². The van der Waals surface area contributed by atoms with Crippen LogP contribution in [0.25, 0.3) is 6.08 Å². The molecule has 3 heterocycles. The Morgan fingerprint density at radius 1 is 1.14 bits per heavy atom. The molecule has 148 valence electrons. The van der Waals surface area contributed by atoms with E-state index in [0.717, 1.165) is 31.5 Å². The van der Waals surface area contributed by atoms with Crippen molar-refractivity contribution in [3.8, 4) is 11.5 Å². The zero-order chi connectivity index (χ0) is 19.5. The Balaban J connectivity index is 1.39. The number of rotatable bonds is 4. The van der Waals surface area contributed by atoms with E-state index in [0.29, 0.717) is 33.7 Å². The number of carbonyl (C=O) groups is 2. The van der Waals surface area contributed by atoms with Gasteiger partial charge in [-0.3, -0.25) is 14.5 Å². The molecule has 0 aliphatic carbocycles. The van der Waals surface area contributed by atoms with Crippen LogP contribution in [0.4, 0.5) is 0 Å². The van der Waals surface area contributed by atoms with Crippen LogP contribution in [0.2, 0.25) is 0 Å². The summed E-state index contributed by atoms with van der Waals surface area (Å²) in [4.78, 5) is 29.3. The molecule has 3 aliphatic heterocycles. The summed E-state index contributed by atoms with van der Waals surface area (Å²) >= 11 is 6.65. The highest BCUT2D eigenvalue weighted by molar-refractivity contribution is 8.26. The summed E-state index contributed by atoms with van der Waals surface area (Å²) in [5, 5.41) is 0. The predicted octanol–water partition coefficient (Wildman–Crippen LogP) is 3.41. The predicted molar refractivity (Wildman–Crippen MR) is 112 cm³/mol. The number of ether oxygens (including phenoxy) is 2. The quantitative estimate of drug-likeness (QED) is 0.552. The summed E-state index contributed by atoms with van der Waals surface area (Å²) in [5.41, 5.74) is 0.852. The summed E-state index contributed by atoms with van der Waals surface area (Å²) in [6.07, 6.45) is 6.60. The maximum absolute atomic E-state index is 12.8. The van der Waals surface area contributed by atoms with Crippen molar-refractivity contribution in [1.29, 1.82) is 0 Å². The van der Waals surface area contributed by atoms with Gasteiger partial charge in [-0.15, -0.1) is 0 Å². The fourth-order valence-corrected chi connectivity index (χ4v) is 4.84. The van der Waals surface area contributed by atoms with E-state index in [4.69, 9.17) is 21.7 Å². The molecule has 0 radical (unpaired) electrons. The third-order valence-corrected chi connectivity index (χ3v) is 6.45. The molecule has 2 saturated heterocycles. The molecule has 6 nitrogen and oxygen atoms in total. The molecule has 0 unspecified atom stereocenters. The first-order valence-electron chi connectivity index (χ1n) is 9.54. The molecule has 2 fully saturated rings. The van der Waals surface area contributed by atoms with Crippen molar-refractivity contribution in [3.05, 3.63) is 28.7 Å². The van der Waals surface area contributed by atoms with Gasteiger partial charge in [-0.25, -0.2) is 0 Å². The molecule has 0 saturated carbocycles. The Morgan fingerprint density at radius 2 is 1.89 bits per heavy atom. The van der Waals surface area contributed by atoms with Crippen LogP contribution in [-0.2, 0) is 9.59 Å². The molecule has 1 aromatic carbocycles. The maximum atomic E-state index is 12.8. The highest BCUT2D eigenvalue weighted by Crippen LogP contribution is 2.36. The van der Waals surface area contributed by atoms with Crippen molar-refractivity contribution < 1.29 is 19.1 Å². The second kappa shape index (κ2) is 8.53. The fraction of sp³-hybridized carbons (Fsp3) is 0.450. The van der Waals surface area contributed by atoms with Crippen molar-refractivity contribution in [2.75, 3.05) is 26.4 Å². The third-order valence-electron chi connectivity index (χ3n) is 5.08. The summed E-state index contributed by atoms with van der Waals surface area (Å²) in [6.45, 7) is 2.19. The Hall–Kier alpha value is -2.06. The van der Waals surface area contributed by atoms with Gasteiger partial charge in [-0.1, -0.05) is 42.9 Å².